The van der Waals surface area contributed by atoms with E-state index in [4.69, 9.17) is 9.47 Å². The van der Waals surface area contributed by atoms with E-state index in [2.05, 4.69) is 5.32 Å². The van der Waals surface area contributed by atoms with Gasteiger partial charge in [0.2, 0.25) is 11.8 Å². The van der Waals surface area contributed by atoms with Gasteiger partial charge in [-0.2, -0.15) is 0 Å². The van der Waals surface area contributed by atoms with Crippen LogP contribution < -0.4 is 10.2 Å². The number of para-hydroxylation sites is 1. The van der Waals surface area contributed by atoms with E-state index in [-0.39, 0.29) is 43.8 Å². The number of nitrogens with one attached hydrogen (secondary N) is 1. The molecule has 5 bridgehead atoms. The minimum Gasteiger partial charge on any atom is -0.455 e. The van der Waals surface area contributed by atoms with Crippen molar-refractivity contribution in [2.24, 2.45) is 17.8 Å². The first-order chi connectivity index (χ1) is 23.1. The van der Waals surface area contributed by atoms with Crippen LogP contribution in [0.2, 0.25) is 0 Å². The van der Waals surface area contributed by atoms with E-state index in [1.165, 1.54) is 4.90 Å². The first kappa shape index (κ1) is 33.6. The number of aryl methyl sites for hydroxylation is 2. The van der Waals surface area contributed by atoms with Gasteiger partial charge in [-0.25, -0.2) is 0 Å². The number of likely N-dealkylation sites (tertiary alicyclic amines) is 1. The van der Waals surface area contributed by atoms with Crippen molar-refractivity contribution in [2.75, 3.05) is 24.6 Å². The van der Waals surface area contributed by atoms with Crippen LogP contribution in [0.1, 0.15) is 55.9 Å². The molecule has 2 aromatic rings. The summed E-state index contributed by atoms with van der Waals surface area (Å²) in [4.78, 5) is 60.1. The van der Waals surface area contributed by atoms with E-state index >= 15 is 4.79 Å². The number of hydrogen-bond acceptors (Lipinski definition) is 7. The topological polar surface area (TPSA) is 125 Å². The smallest absolute Gasteiger partial charge is 0.313 e. The summed E-state index contributed by atoms with van der Waals surface area (Å²) in [6.07, 6.45) is 6.81. The van der Waals surface area contributed by atoms with Crippen molar-refractivity contribution in [3.63, 3.8) is 0 Å². The van der Waals surface area contributed by atoms with Crippen LogP contribution in [0.5, 0.6) is 0 Å². The Morgan fingerprint density at radius 1 is 0.979 bits per heavy atom. The zero-order valence-electron chi connectivity index (χ0n) is 28.0. The number of ether oxygens (including phenoxy) is 2. The van der Waals surface area contributed by atoms with E-state index in [0.717, 1.165) is 16.8 Å². The minimum absolute atomic E-state index is 0.0602. The zero-order chi connectivity index (χ0) is 34.2. The number of aliphatic hydroxyl groups excluding tert-OH is 1. The maximum absolute atomic E-state index is 15.2. The molecular weight excluding hydrogens is 610 g/mol. The van der Waals surface area contributed by atoms with Gasteiger partial charge in [0, 0.05) is 18.7 Å². The quantitative estimate of drug-likeness (QED) is 0.357. The van der Waals surface area contributed by atoms with Crippen LogP contribution in [0.3, 0.4) is 0 Å². The van der Waals surface area contributed by atoms with E-state index < -0.39 is 53.6 Å². The van der Waals surface area contributed by atoms with Gasteiger partial charge >= 0.3 is 5.97 Å². The number of hydrogen-bond donors (Lipinski definition) is 2. The lowest BCUT2D eigenvalue weighted by Gasteiger charge is -2.39. The number of aliphatic hydroxyl groups is 1. The number of rotatable bonds is 6. The van der Waals surface area contributed by atoms with Crippen LogP contribution in [-0.4, -0.2) is 77.2 Å². The van der Waals surface area contributed by atoms with Crippen LogP contribution in [0, 0.1) is 31.6 Å². The van der Waals surface area contributed by atoms with E-state index in [9.17, 15) is 19.5 Å². The van der Waals surface area contributed by atoms with Crippen molar-refractivity contribution in [1.29, 1.82) is 0 Å². The van der Waals surface area contributed by atoms with Gasteiger partial charge in [-0.05, 0) is 49.3 Å². The van der Waals surface area contributed by atoms with Crippen molar-refractivity contribution in [3.8, 4) is 0 Å². The summed E-state index contributed by atoms with van der Waals surface area (Å²) < 4.78 is 12.7. The molecule has 2 aromatic carbocycles. The maximum atomic E-state index is 15.2. The number of cyclic esters (lactones) is 1. The van der Waals surface area contributed by atoms with Crippen molar-refractivity contribution < 1.29 is 33.8 Å². The highest BCUT2D eigenvalue weighted by atomic mass is 16.6. The lowest BCUT2D eigenvalue weighted by atomic mass is 9.74. The molecule has 1 spiro atoms. The second-order valence-electron chi connectivity index (χ2n) is 13.8. The Morgan fingerprint density at radius 2 is 1.71 bits per heavy atom. The van der Waals surface area contributed by atoms with Gasteiger partial charge in [-0.1, -0.05) is 86.7 Å². The van der Waals surface area contributed by atoms with Crippen molar-refractivity contribution >= 4 is 29.4 Å². The summed E-state index contributed by atoms with van der Waals surface area (Å²) in [7, 11) is 0. The zero-order valence-corrected chi connectivity index (χ0v) is 28.0. The van der Waals surface area contributed by atoms with Gasteiger partial charge in [0.05, 0.1) is 31.2 Å². The normalized spacial score (nSPS) is 30.4. The lowest BCUT2D eigenvalue weighted by molar-refractivity contribution is -0.160. The highest BCUT2D eigenvalue weighted by Crippen LogP contribution is 2.56. The number of allylic oxidation sites excluding steroid dienone is 1. The maximum Gasteiger partial charge on any atom is 0.313 e. The third-order valence-corrected chi connectivity index (χ3v) is 10.0. The van der Waals surface area contributed by atoms with E-state index in [1.807, 2.05) is 88.4 Å². The number of carbonyl (C=O) groups is 4. The molecule has 254 valence electrons. The number of esters is 1. The van der Waals surface area contributed by atoms with Crippen LogP contribution in [0.4, 0.5) is 5.69 Å². The summed E-state index contributed by atoms with van der Waals surface area (Å²) in [6, 6.07) is 13.2. The number of benzene rings is 2. The fourth-order valence-electron chi connectivity index (χ4n) is 7.96. The summed E-state index contributed by atoms with van der Waals surface area (Å²) >= 11 is 0. The van der Waals surface area contributed by atoms with Crippen molar-refractivity contribution in [3.05, 3.63) is 89.5 Å². The molecule has 0 aliphatic carbocycles. The SMILES string of the molecule is Cc1cccc(C)c1N1C/C=C\CCC(=O)NC[C@@H](c2ccccc2)OC(=O)[C@@H]2[C@@H]3C=C[C@]4(O3)[C@H](C1=O)N([C@@H](CO)CC(C)C)C(=O)[C@@H]24. The Hall–Kier alpha value is -4.28. The second-order valence-corrected chi connectivity index (χ2v) is 13.8. The van der Waals surface area contributed by atoms with Gasteiger partial charge in [0.1, 0.15) is 23.7 Å². The molecule has 6 rings (SSSR count). The highest BCUT2D eigenvalue weighted by Gasteiger charge is 2.74. The summed E-state index contributed by atoms with van der Waals surface area (Å²) in [6.45, 7) is 7.78. The highest BCUT2D eigenvalue weighted by molar-refractivity contribution is 6.06. The number of amides is 3. The standard InChI is InChI=1S/C38H45N3O7/c1-23(2)20-27(22-42)41-34-36(45)40(33-24(3)12-11-13-25(33)4)19-10-6-9-16-30(43)39-21-29(26-14-7-5-8-15-26)47-37(46)31-28-17-18-38(34,48-28)32(31)35(41)44/h5-8,10-15,17-18,23,27-29,31-32,34,42H,9,16,19-22H2,1-4H3,(H,39,43)/b10-6-/t27-,28+,29+,31-,32-,34+,38-/m1/s1. The molecule has 4 heterocycles. The third kappa shape index (κ3) is 5.96. The van der Waals surface area contributed by atoms with Crippen LogP contribution in [-0.2, 0) is 28.7 Å². The predicted molar refractivity (Wildman–Crippen MR) is 180 cm³/mol. The van der Waals surface area contributed by atoms with Crippen molar-refractivity contribution in [2.45, 2.75) is 76.9 Å². The molecule has 48 heavy (non-hydrogen) atoms. The van der Waals surface area contributed by atoms with Crippen LogP contribution in [0.15, 0.2) is 72.8 Å². The number of anilines is 1. The molecule has 0 radical (unpaired) electrons. The van der Waals surface area contributed by atoms with Gasteiger partial charge in [0.15, 0.2) is 0 Å². The molecule has 2 fully saturated rings. The summed E-state index contributed by atoms with van der Waals surface area (Å²) in [5.74, 6) is -3.55. The Balaban J connectivity index is 1.48. The number of carbonyl (C=O) groups excluding carboxylic acids is 4. The molecule has 2 saturated heterocycles. The van der Waals surface area contributed by atoms with Crippen molar-refractivity contribution in [1.82, 2.24) is 10.2 Å². The summed E-state index contributed by atoms with van der Waals surface area (Å²) in [5.41, 5.74) is 1.75. The average Bonchev–Trinajstić information content (AvgIpc) is 3.71. The molecule has 10 heteroatoms. The monoisotopic (exact) mass is 655 g/mol. The van der Waals surface area contributed by atoms with Gasteiger partial charge in [-0.3, -0.25) is 19.2 Å². The third-order valence-electron chi connectivity index (χ3n) is 10.0. The first-order valence-corrected chi connectivity index (χ1v) is 16.9. The minimum atomic E-state index is -1.43. The molecule has 0 aromatic heterocycles. The number of nitrogens with zero attached hydrogens (tertiary/aromatic N) is 2. The fourth-order valence-corrected chi connectivity index (χ4v) is 7.96. The average molecular weight is 656 g/mol. The molecule has 10 nitrogen and oxygen atoms in total. The van der Waals surface area contributed by atoms with Crippen LogP contribution in [0.25, 0.3) is 0 Å². The predicted octanol–water partition coefficient (Wildman–Crippen LogP) is 3.94. The van der Waals surface area contributed by atoms with E-state index in [1.54, 1.807) is 17.1 Å². The largest absolute Gasteiger partial charge is 0.455 e. The lowest BCUT2D eigenvalue weighted by Crippen LogP contribution is -2.59. The molecule has 0 saturated carbocycles. The van der Waals surface area contributed by atoms with Gasteiger partial charge in [-0.15, -0.1) is 0 Å². The molecule has 3 amide bonds. The molecule has 0 unspecified atom stereocenters. The Labute approximate surface area is 281 Å². The Morgan fingerprint density at radius 3 is 2.40 bits per heavy atom. The molecule has 4 aliphatic heterocycles. The second kappa shape index (κ2) is 13.7. The number of fused-ring (bicyclic) bond motifs is 2. The Bertz CT molecular complexity index is 1600. The molecule has 7 atom stereocenters. The van der Waals surface area contributed by atoms with Gasteiger partial charge in [0.25, 0.3) is 5.91 Å². The Kier molecular flexibility index (Phi) is 9.58. The molecule has 2 N–H and O–H groups in total. The fraction of sp³-hybridized carbons (Fsp3) is 0.474. The van der Waals surface area contributed by atoms with Gasteiger partial charge < -0.3 is 29.7 Å². The van der Waals surface area contributed by atoms with Crippen LogP contribution >= 0.6 is 0 Å². The molecular formula is C38H45N3O7. The molecule has 4 aliphatic rings. The first-order valence-electron chi connectivity index (χ1n) is 16.9. The van der Waals surface area contributed by atoms with E-state index in [0.29, 0.717) is 18.4 Å². The summed E-state index contributed by atoms with van der Waals surface area (Å²) in [5, 5.41) is 13.6.